The zero-order chi connectivity index (χ0) is 82.5. The van der Waals surface area contributed by atoms with E-state index in [0.717, 1.165) is 122 Å². The minimum Gasteiger partial charge on any atom is -0.478 e. The molecule has 0 amide bonds. The summed E-state index contributed by atoms with van der Waals surface area (Å²) in [4.78, 5) is 10.9. The lowest BCUT2D eigenvalue weighted by Crippen LogP contribution is -2.26. The Hall–Kier alpha value is -11.5. The molecule has 1 atom stereocenters. The predicted molar refractivity (Wildman–Crippen MR) is 437 cm³/mol. The number of carboxylic acids is 1. The van der Waals surface area contributed by atoms with Crippen molar-refractivity contribution in [1.82, 2.24) is 0 Å². The Morgan fingerprint density at radius 2 is 0.802 bits per heavy atom. The number of carbonyl (C=O) groups is 1. The van der Waals surface area contributed by atoms with Crippen molar-refractivity contribution in [2.24, 2.45) is 11.8 Å². The number of benzene rings is 12. The molecule has 1 N–H and O–H groups in total. The molecule has 0 radical (unpaired) electrons. The topological polar surface area (TPSA) is 65.0 Å². The van der Waals surface area contributed by atoms with Gasteiger partial charge in [0.1, 0.15) is 17.5 Å². The summed E-state index contributed by atoms with van der Waals surface area (Å²) in [6, 6.07) is 65.6. The van der Waals surface area contributed by atoms with Gasteiger partial charge in [-0.25, -0.2) is 48.7 Å². The first-order valence-electron chi connectivity index (χ1n) is 39.0. The molecule has 1 aliphatic heterocycles. The van der Waals surface area contributed by atoms with E-state index in [2.05, 4.69) is 57.6 Å². The normalized spacial score (nSPS) is 14.4. The Balaban J connectivity index is 0.000000153. The molecule has 5 nitrogen and oxygen atoms in total. The van der Waals surface area contributed by atoms with Gasteiger partial charge in [-0.2, -0.15) is 8.78 Å². The van der Waals surface area contributed by atoms with Gasteiger partial charge in [0.05, 0.1) is 18.8 Å². The lowest BCUT2D eigenvalue weighted by molar-refractivity contribution is -0.206. The molecule has 2 aliphatic rings. The van der Waals surface area contributed by atoms with Gasteiger partial charge in [0.2, 0.25) is 0 Å². The van der Waals surface area contributed by atoms with E-state index in [-0.39, 0.29) is 39.9 Å². The van der Waals surface area contributed by atoms with E-state index in [0.29, 0.717) is 63.6 Å². The van der Waals surface area contributed by atoms with E-state index in [1.807, 2.05) is 115 Å². The Labute approximate surface area is 669 Å². The smallest absolute Gasteiger partial charge is 0.335 e. The van der Waals surface area contributed by atoms with Crippen molar-refractivity contribution in [2.75, 3.05) is 13.2 Å². The maximum absolute atomic E-state index is 14.9. The quantitative estimate of drug-likeness (QED) is 0.0416. The van der Waals surface area contributed by atoms with Gasteiger partial charge in [-0.05, 0) is 201 Å². The van der Waals surface area contributed by atoms with Crippen LogP contribution < -0.4 is 4.74 Å². The fourth-order valence-corrected chi connectivity index (χ4v) is 14.1. The average molecular weight is 1590 g/mol. The predicted octanol–water partition coefficient (Wildman–Crippen LogP) is 29.2. The first-order chi connectivity index (χ1) is 56.0. The third kappa shape index (κ3) is 21.9. The Bertz CT molecular complexity index is 5340. The molecule has 0 saturated carbocycles. The highest BCUT2D eigenvalue weighted by atomic mass is 19.3. The highest BCUT2D eigenvalue weighted by molar-refractivity contribution is 5.88. The van der Waals surface area contributed by atoms with Crippen molar-refractivity contribution < 1.29 is 76.8 Å². The molecule has 1 unspecified atom stereocenters. The van der Waals surface area contributed by atoms with E-state index in [4.69, 9.17) is 14.6 Å². The van der Waals surface area contributed by atoms with Crippen molar-refractivity contribution in [3.05, 3.63) is 347 Å². The molecule has 1 heterocycles. The van der Waals surface area contributed by atoms with Crippen LogP contribution in [0.3, 0.4) is 0 Å². The van der Waals surface area contributed by atoms with Crippen LogP contribution in [-0.4, -0.2) is 24.3 Å². The summed E-state index contributed by atoms with van der Waals surface area (Å²) in [6.07, 6.45) is 12.7. The molecular formula is C99H88F12O5. The number of allylic oxidation sites excluding steroid dienone is 2. The molecule has 1 saturated heterocycles. The van der Waals surface area contributed by atoms with E-state index in [1.54, 1.807) is 42.5 Å². The number of hydrogen-bond donors (Lipinski definition) is 1. The zero-order valence-electron chi connectivity index (χ0n) is 64.9. The summed E-state index contributed by atoms with van der Waals surface area (Å²) in [5.74, 6) is -10.7. The van der Waals surface area contributed by atoms with Crippen LogP contribution in [0, 0.1) is 70.0 Å². The van der Waals surface area contributed by atoms with Crippen molar-refractivity contribution in [3.8, 4) is 94.8 Å². The standard InChI is InChI=1S/C28H28F2.C25H22F4O2.C24H19F5O.C22H19FO2/c1-3-19-5-9-21(10-6-19)22-13-15-24(16-14-22)26-18-17-25(27(29)28(26)30)23-11-7-20(4-2)8-12-23;1-2-3-15-13-30-25(31-14-15)17-6-4-16(5-7-17)18-8-9-20(21(26)10-18)19-11-22(27)24(29)23(28)12-19;1-2-3-4-15-5-7-16(8-6-15)17-9-10-19(20(25)11-17)18-12-21(26)24(22(27)13-18)30-14-23(28)29;1-2-3-15-4-6-16(7-5-15)19-12-13-20(21(23)14-19)17-8-10-18(11-9-17)22(24)25/h7-9,11-19H,3-6,10H2,1-2H3;4-12,15,25H,2-3,13-14H2,1H3;5-14H,2-4H2,1H3;4-14H,2-3H2,1H3,(H,24,25). The summed E-state index contributed by atoms with van der Waals surface area (Å²) in [6.45, 7) is 12.0. The van der Waals surface area contributed by atoms with Crippen molar-refractivity contribution in [2.45, 2.75) is 118 Å². The third-order valence-corrected chi connectivity index (χ3v) is 20.8. The van der Waals surface area contributed by atoms with Gasteiger partial charge in [0.15, 0.2) is 59.0 Å². The summed E-state index contributed by atoms with van der Waals surface area (Å²) in [5, 5.41) is 8.94. The molecule has 1 aliphatic carbocycles. The number of ether oxygens (including phenoxy) is 3. The minimum absolute atomic E-state index is 0.0104. The maximum atomic E-state index is 14.9. The van der Waals surface area contributed by atoms with Gasteiger partial charge in [0.25, 0.3) is 0 Å². The van der Waals surface area contributed by atoms with E-state index in [1.165, 1.54) is 83.1 Å². The number of rotatable bonds is 22. The maximum Gasteiger partial charge on any atom is 0.335 e. The van der Waals surface area contributed by atoms with Crippen LogP contribution >= 0.6 is 0 Å². The van der Waals surface area contributed by atoms with Crippen LogP contribution in [0.1, 0.15) is 137 Å². The van der Waals surface area contributed by atoms with Crippen LogP contribution in [0.2, 0.25) is 0 Å². The second-order valence-corrected chi connectivity index (χ2v) is 28.7. The van der Waals surface area contributed by atoms with Crippen LogP contribution in [0.15, 0.2) is 255 Å². The lowest BCUT2D eigenvalue weighted by Gasteiger charge is -2.29. The number of unbranched alkanes of at least 4 members (excludes halogenated alkanes) is 1. The highest BCUT2D eigenvalue weighted by Gasteiger charge is 2.25. The van der Waals surface area contributed by atoms with Gasteiger partial charge >= 0.3 is 12.0 Å². The van der Waals surface area contributed by atoms with Crippen LogP contribution in [0.5, 0.6) is 5.75 Å². The van der Waals surface area contributed by atoms with Gasteiger partial charge < -0.3 is 19.3 Å². The summed E-state index contributed by atoms with van der Waals surface area (Å²) >= 11 is 0. The number of halogens is 12. The molecule has 598 valence electrons. The molecule has 0 spiro atoms. The first kappa shape index (κ1) is 85.4. The van der Waals surface area contributed by atoms with E-state index >= 15 is 0 Å². The SMILES string of the molecule is CCCC1COC(c2ccc(-c3ccc(-c4cc(F)c(F)c(F)c4)c(F)c3)cc2)OC1.CCCCc1ccc(-c2ccc(-c3cc(F)c(OC=C(F)F)c(F)c3)c(F)c2)cc1.CCCc1ccc(-c2ccc(-c3ccc(C(=O)O)cc3)c(F)c2)cc1.CCc1ccc(-c2ccc(-c3ccc(C4=CCC(CC)CC4)cc3)c(F)c2F)cc1. The van der Waals surface area contributed by atoms with Crippen molar-refractivity contribution >= 4 is 11.5 Å². The number of hydrogen-bond acceptors (Lipinski definition) is 4. The first-order valence-corrected chi connectivity index (χ1v) is 39.0. The molecule has 14 rings (SSSR count). The lowest BCUT2D eigenvalue weighted by atomic mass is 9.85. The second-order valence-electron chi connectivity index (χ2n) is 28.7. The highest BCUT2D eigenvalue weighted by Crippen LogP contribution is 2.39. The molecule has 1 fully saturated rings. The van der Waals surface area contributed by atoms with Crippen LogP contribution in [0.25, 0.3) is 94.6 Å². The third-order valence-electron chi connectivity index (χ3n) is 20.8. The van der Waals surface area contributed by atoms with Gasteiger partial charge in [0, 0.05) is 39.3 Å². The summed E-state index contributed by atoms with van der Waals surface area (Å²) in [5.41, 5.74) is 14.9. The summed E-state index contributed by atoms with van der Waals surface area (Å²) in [7, 11) is 0. The van der Waals surface area contributed by atoms with E-state index < -0.39 is 76.4 Å². The van der Waals surface area contributed by atoms with E-state index in [9.17, 15) is 57.5 Å². The Morgan fingerprint density at radius 1 is 0.405 bits per heavy atom. The molecular weight excluding hydrogens is 1500 g/mol. The number of aromatic carboxylic acids is 1. The van der Waals surface area contributed by atoms with Gasteiger partial charge in [-0.15, -0.1) is 0 Å². The van der Waals surface area contributed by atoms with Crippen LogP contribution in [-0.2, 0) is 28.7 Å². The Morgan fingerprint density at radius 3 is 1.22 bits per heavy atom. The molecule has 116 heavy (non-hydrogen) atoms. The zero-order valence-corrected chi connectivity index (χ0v) is 64.9. The van der Waals surface area contributed by atoms with Gasteiger partial charge in [-0.1, -0.05) is 248 Å². The molecule has 17 heteroatoms. The fourth-order valence-electron chi connectivity index (χ4n) is 14.1. The minimum atomic E-state index is -2.24. The Kier molecular flexibility index (Phi) is 29.9. The number of aryl methyl sites for hydroxylation is 3. The average Bonchev–Trinajstić information content (AvgIpc) is 0.803. The van der Waals surface area contributed by atoms with Crippen molar-refractivity contribution in [1.29, 1.82) is 0 Å². The molecule has 12 aromatic carbocycles. The van der Waals surface area contributed by atoms with Crippen molar-refractivity contribution in [3.63, 3.8) is 0 Å². The van der Waals surface area contributed by atoms with Crippen LogP contribution in [0.4, 0.5) is 52.7 Å². The largest absolute Gasteiger partial charge is 0.478 e. The fraction of sp³-hybridized carbons (Fsp3) is 0.222. The molecule has 0 aromatic heterocycles. The number of carboxylic acid groups (broad SMARTS) is 1. The monoisotopic (exact) mass is 1580 g/mol. The summed E-state index contributed by atoms with van der Waals surface area (Å²) < 4.78 is 182. The molecule has 0 bridgehead atoms. The van der Waals surface area contributed by atoms with Gasteiger partial charge in [-0.3, -0.25) is 0 Å². The molecule has 12 aromatic rings. The second kappa shape index (κ2) is 40.7.